The molecule has 2 aliphatic rings. The summed E-state index contributed by atoms with van der Waals surface area (Å²) < 4.78 is 5.59. The summed E-state index contributed by atoms with van der Waals surface area (Å²) in [5.41, 5.74) is 1.24. The van der Waals surface area contributed by atoms with E-state index in [0.29, 0.717) is 12.5 Å². The molecule has 0 aromatic heterocycles. The molecule has 0 saturated carbocycles. The summed E-state index contributed by atoms with van der Waals surface area (Å²) in [7, 11) is 0. The minimum atomic E-state index is -0.0948. The van der Waals surface area contributed by atoms with Gasteiger partial charge in [-0.15, -0.1) is 0 Å². The van der Waals surface area contributed by atoms with Crippen molar-refractivity contribution in [2.75, 3.05) is 19.7 Å². The fourth-order valence-corrected chi connectivity index (χ4v) is 3.70. The van der Waals surface area contributed by atoms with Gasteiger partial charge in [-0.2, -0.15) is 0 Å². The van der Waals surface area contributed by atoms with Crippen LogP contribution in [0.4, 0.5) is 0 Å². The van der Waals surface area contributed by atoms with Gasteiger partial charge < -0.3 is 10.1 Å². The highest BCUT2D eigenvalue weighted by atomic mass is 16.5. The lowest BCUT2D eigenvalue weighted by Gasteiger charge is -2.26. The van der Waals surface area contributed by atoms with Crippen LogP contribution >= 0.6 is 0 Å². The topological polar surface area (TPSA) is 41.6 Å². The average Bonchev–Trinajstić information content (AvgIpc) is 3.16. The smallest absolute Gasteiger partial charge is 0.220 e. The summed E-state index contributed by atoms with van der Waals surface area (Å²) in [5, 5.41) is 3.26. The molecule has 4 heteroatoms. The number of ether oxygens (including phenoxy) is 1. The molecule has 2 fully saturated rings. The van der Waals surface area contributed by atoms with Crippen LogP contribution < -0.4 is 5.32 Å². The zero-order valence-corrected chi connectivity index (χ0v) is 14.1. The number of carbonyl (C=O) groups excluding carboxylic acids is 1. The Morgan fingerprint density at radius 3 is 2.96 bits per heavy atom. The highest BCUT2D eigenvalue weighted by Gasteiger charge is 2.34. The second-order valence-electron chi connectivity index (χ2n) is 7.23. The first kappa shape index (κ1) is 16.5. The second kappa shape index (κ2) is 7.45. The van der Waals surface area contributed by atoms with Crippen LogP contribution in [0.25, 0.3) is 0 Å². The number of benzene rings is 1. The average molecular weight is 316 g/mol. The second-order valence-corrected chi connectivity index (χ2v) is 7.23. The zero-order valence-electron chi connectivity index (χ0n) is 14.1. The van der Waals surface area contributed by atoms with Crippen molar-refractivity contribution in [1.82, 2.24) is 10.2 Å². The van der Waals surface area contributed by atoms with Gasteiger partial charge in [0.25, 0.3) is 0 Å². The summed E-state index contributed by atoms with van der Waals surface area (Å²) in [6.45, 7) is 5.95. The molecule has 1 aromatic rings. The first-order valence-corrected chi connectivity index (χ1v) is 8.82. The Kier molecular flexibility index (Phi) is 5.34. The van der Waals surface area contributed by atoms with Gasteiger partial charge in [0, 0.05) is 32.7 Å². The largest absolute Gasteiger partial charge is 0.378 e. The van der Waals surface area contributed by atoms with Crippen molar-refractivity contribution >= 4 is 5.91 Å². The molecule has 4 nitrogen and oxygen atoms in total. The predicted octanol–water partition coefficient (Wildman–Crippen LogP) is 2.73. The maximum atomic E-state index is 12.2. The molecular formula is C19H28N2O2. The third-order valence-corrected chi connectivity index (χ3v) is 4.96. The van der Waals surface area contributed by atoms with Crippen molar-refractivity contribution in [2.24, 2.45) is 0 Å². The van der Waals surface area contributed by atoms with Gasteiger partial charge in [0.05, 0.1) is 11.6 Å². The number of hydrogen-bond acceptors (Lipinski definition) is 3. The van der Waals surface area contributed by atoms with E-state index < -0.39 is 0 Å². The van der Waals surface area contributed by atoms with Crippen LogP contribution in [0.15, 0.2) is 30.3 Å². The van der Waals surface area contributed by atoms with Gasteiger partial charge >= 0.3 is 0 Å². The lowest BCUT2D eigenvalue weighted by Crippen LogP contribution is -2.48. The van der Waals surface area contributed by atoms with Gasteiger partial charge in [0.1, 0.15) is 0 Å². The summed E-state index contributed by atoms with van der Waals surface area (Å²) in [4.78, 5) is 14.7. The van der Waals surface area contributed by atoms with E-state index in [9.17, 15) is 4.79 Å². The Labute approximate surface area is 139 Å². The zero-order chi connectivity index (χ0) is 16.1. The molecule has 0 radical (unpaired) electrons. The third kappa shape index (κ3) is 4.79. The summed E-state index contributed by atoms with van der Waals surface area (Å²) in [6.07, 6.45) is 5.00. The number of rotatable bonds is 6. The molecule has 1 unspecified atom stereocenters. The molecule has 2 atom stereocenters. The summed E-state index contributed by atoms with van der Waals surface area (Å²) >= 11 is 0. The number of nitrogens with one attached hydrogen (secondary N) is 1. The molecule has 23 heavy (non-hydrogen) atoms. The first-order chi connectivity index (χ1) is 11.1. The molecule has 0 spiro atoms. The van der Waals surface area contributed by atoms with Crippen LogP contribution in [-0.4, -0.2) is 42.1 Å². The Morgan fingerprint density at radius 2 is 2.22 bits per heavy atom. The highest BCUT2D eigenvalue weighted by molar-refractivity contribution is 5.76. The van der Waals surface area contributed by atoms with E-state index >= 15 is 0 Å². The molecule has 2 saturated heterocycles. The predicted molar refractivity (Wildman–Crippen MR) is 91.1 cm³/mol. The highest BCUT2D eigenvalue weighted by Crippen LogP contribution is 2.23. The lowest BCUT2D eigenvalue weighted by atomic mass is 10.0. The van der Waals surface area contributed by atoms with E-state index in [4.69, 9.17) is 4.74 Å². The van der Waals surface area contributed by atoms with Crippen molar-refractivity contribution < 1.29 is 9.53 Å². The Morgan fingerprint density at radius 1 is 1.39 bits per heavy atom. The van der Waals surface area contributed by atoms with Gasteiger partial charge in [-0.3, -0.25) is 9.69 Å². The fourth-order valence-electron chi connectivity index (χ4n) is 3.70. The number of carbonyl (C=O) groups is 1. The molecule has 3 rings (SSSR count). The molecule has 126 valence electrons. The molecule has 0 bridgehead atoms. The van der Waals surface area contributed by atoms with Crippen molar-refractivity contribution in [3.63, 3.8) is 0 Å². The summed E-state index contributed by atoms with van der Waals surface area (Å²) in [6, 6.07) is 10.5. The number of nitrogens with zero attached hydrogens (tertiary/aromatic N) is 1. The number of hydrogen-bond donors (Lipinski definition) is 1. The van der Waals surface area contributed by atoms with E-state index in [2.05, 4.69) is 41.4 Å². The monoisotopic (exact) mass is 316 g/mol. The van der Waals surface area contributed by atoms with Crippen molar-refractivity contribution in [3.8, 4) is 0 Å². The van der Waals surface area contributed by atoms with E-state index in [0.717, 1.165) is 51.9 Å². The van der Waals surface area contributed by atoms with Gasteiger partial charge in [-0.1, -0.05) is 30.3 Å². The van der Waals surface area contributed by atoms with Crippen LogP contribution in [0, 0.1) is 0 Å². The standard InChI is InChI=1S/C19H28N2O2/c1-19(20-18(22)10-9-17-8-5-13-23-17)11-12-21(15-19)14-16-6-3-2-4-7-16/h2-4,6-7,17H,5,8-15H2,1H3,(H,20,22)/t17-,19?/m0/s1. The van der Waals surface area contributed by atoms with Crippen LogP contribution in [-0.2, 0) is 16.1 Å². The van der Waals surface area contributed by atoms with Gasteiger partial charge in [-0.25, -0.2) is 0 Å². The molecule has 1 aromatic carbocycles. The fraction of sp³-hybridized carbons (Fsp3) is 0.632. The van der Waals surface area contributed by atoms with E-state index in [1.165, 1.54) is 5.56 Å². The molecule has 1 amide bonds. The molecule has 2 heterocycles. The first-order valence-electron chi connectivity index (χ1n) is 8.82. The normalized spacial score (nSPS) is 28.1. The van der Waals surface area contributed by atoms with Gasteiger partial charge in [0.15, 0.2) is 0 Å². The van der Waals surface area contributed by atoms with Crippen LogP contribution in [0.1, 0.15) is 44.6 Å². The maximum Gasteiger partial charge on any atom is 0.220 e. The van der Waals surface area contributed by atoms with Crippen molar-refractivity contribution in [3.05, 3.63) is 35.9 Å². The molecule has 1 N–H and O–H groups in total. The third-order valence-electron chi connectivity index (χ3n) is 4.96. The van der Waals surface area contributed by atoms with Crippen LogP contribution in [0.3, 0.4) is 0 Å². The number of amides is 1. The van der Waals surface area contributed by atoms with Crippen LogP contribution in [0.5, 0.6) is 0 Å². The Balaban J connectivity index is 1.43. The Hall–Kier alpha value is -1.39. The lowest BCUT2D eigenvalue weighted by molar-refractivity contribution is -0.123. The Bertz CT molecular complexity index is 513. The van der Waals surface area contributed by atoms with Crippen LogP contribution in [0.2, 0.25) is 0 Å². The molecule has 2 aliphatic heterocycles. The minimum Gasteiger partial charge on any atom is -0.378 e. The van der Waals surface area contributed by atoms with Crippen molar-refractivity contribution in [2.45, 2.75) is 57.2 Å². The number of likely N-dealkylation sites (tertiary alicyclic amines) is 1. The SMILES string of the molecule is CC1(NC(=O)CC[C@@H]2CCCO2)CCN(Cc2ccccc2)C1. The quantitative estimate of drug-likeness (QED) is 0.877. The van der Waals surface area contributed by atoms with E-state index in [1.54, 1.807) is 0 Å². The molecule has 0 aliphatic carbocycles. The van der Waals surface area contributed by atoms with Crippen molar-refractivity contribution in [1.29, 1.82) is 0 Å². The molecular weight excluding hydrogens is 288 g/mol. The van der Waals surface area contributed by atoms with E-state index in [-0.39, 0.29) is 11.4 Å². The van der Waals surface area contributed by atoms with Gasteiger partial charge in [0.2, 0.25) is 5.91 Å². The maximum absolute atomic E-state index is 12.2. The minimum absolute atomic E-state index is 0.0948. The van der Waals surface area contributed by atoms with Gasteiger partial charge in [-0.05, 0) is 38.2 Å². The summed E-state index contributed by atoms with van der Waals surface area (Å²) in [5.74, 6) is 0.171. The van der Waals surface area contributed by atoms with E-state index in [1.807, 2.05) is 6.07 Å².